The number of hydrogen-bond donors (Lipinski definition) is 1. The molecule has 168 valence electrons. The minimum atomic E-state index is -4.73. The molecule has 2 aromatic rings. The second-order valence-electron chi connectivity index (χ2n) is 7.09. The summed E-state index contributed by atoms with van der Waals surface area (Å²) in [7, 11) is 0. The van der Waals surface area contributed by atoms with E-state index in [1.54, 1.807) is 0 Å². The van der Waals surface area contributed by atoms with Crippen LogP contribution in [-0.4, -0.2) is 45.6 Å². The summed E-state index contributed by atoms with van der Waals surface area (Å²) in [6.07, 6.45) is 0.624. The van der Waals surface area contributed by atoms with Crippen LogP contribution in [0.2, 0.25) is 0 Å². The Balaban J connectivity index is 1.83. The molecule has 32 heavy (non-hydrogen) atoms. The van der Waals surface area contributed by atoms with Crippen LogP contribution in [0.25, 0.3) is 0 Å². The van der Waals surface area contributed by atoms with E-state index in [-0.39, 0.29) is 35.7 Å². The first-order valence-electron chi connectivity index (χ1n) is 9.17. The Morgan fingerprint density at radius 1 is 1.34 bits per heavy atom. The summed E-state index contributed by atoms with van der Waals surface area (Å²) in [5.41, 5.74) is 3.72. The Labute approximate surface area is 179 Å². The molecule has 2 atom stereocenters. The number of amidine groups is 1. The zero-order valence-electron chi connectivity index (χ0n) is 16.7. The molecular weight excluding hydrogens is 434 g/mol. The normalized spacial score (nSPS) is 20.6. The number of nitrogens with two attached hydrogens (primary N) is 1. The molecule has 1 aliphatic rings. The summed E-state index contributed by atoms with van der Waals surface area (Å²) in [5, 5.41) is 0. The van der Waals surface area contributed by atoms with E-state index in [4.69, 9.17) is 16.9 Å². The smallest absolute Gasteiger partial charge is 0.425 e. The average Bonchev–Trinajstić information content (AvgIpc) is 2.72. The van der Waals surface area contributed by atoms with Crippen LogP contribution in [0.5, 0.6) is 5.88 Å². The van der Waals surface area contributed by atoms with Gasteiger partial charge in [-0.05, 0) is 18.6 Å². The first kappa shape index (κ1) is 22.9. The number of aromatic nitrogens is 3. The third-order valence-electron chi connectivity index (χ3n) is 4.63. The maximum absolute atomic E-state index is 14.5. The van der Waals surface area contributed by atoms with Crippen molar-refractivity contribution in [3.63, 3.8) is 0 Å². The molecule has 0 radical (unpaired) electrons. The molecule has 0 saturated carbocycles. The number of terminal acetylenes is 1. The first-order valence-corrected chi connectivity index (χ1v) is 9.17. The van der Waals surface area contributed by atoms with Crippen LogP contribution in [0.15, 0.2) is 29.6 Å². The molecule has 0 amide bonds. The van der Waals surface area contributed by atoms with Crippen LogP contribution in [0.4, 0.5) is 17.6 Å². The van der Waals surface area contributed by atoms with Crippen LogP contribution in [0, 0.1) is 18.3 Å². The van der Waals surface area contributed by atoms with Crippen LogP contribution >= 0.6 is 0 Å². The number of alkyl halides is 3. The van der Waals surface area contributed by atoms with Crippen molar-refractivity contribution in [1.82, 2.24) is 15.0 Å². The number of carbonyl (C=O) groups is 1. The van der Waals surface area contributed by atoms with Gasteiger partial charge in [-0.1, -0.05) is 5.92 Å². The highest BCUT2D eigenvalue weighted by atomic mass is 19.4. The third kappa shape index (κ3) is 5.11. The lowest BCUT2D eigenvalue weighted by atomic mass is 9.85. The molecule has 0 saturated heterocycles. The lowest BCUT2D eigenvalue weighted by Crippen LogP contribution is -2.46. The monoisotopic (exact) mass is 451 g/mol. The molecular formula is C20H17F4N5O3. The number of aliphatic imine (C=N–C) groups is 1. The summed E-state index contributed by atoms with van der Waals surface area (Å²) in [5.74, 6) is 0.882. The van der Waals surface area contributed by atoms with Gasteiger partial charge in [0, 0.05) is 24.6 Å². The van der Waals surface area contributed by atoms with Crippen molar-refractivity contribution < 1.29 is 31.8 Å². The second-order valence-corrected chi connectivity index (χ2v) is 7.09. The summed E-state index contributed by atoms with van der Waals surface area (Å²) in [4.78, 5) is 27.8. The number of Topliss-reactive ketones (excluding diaryl/α,β-unsaturated/α-hetero) is 1. The standard InChI is InChI=1S/C20H17F4N5O3/c1-3-4-31-16-10-26-13(9-27-16)14(30)6-11-5-12(17(21)28-8-11)19(2)7-15(20(22,23)24)32-18(25)29-19/h1,5,8-10,15H,4,6-7H2,2H3,(H2,25,29)/t15-,19-/m0/s1. The Morgan fingerprint density at radius 2 is 2.09 bits per heavy atom. The van der Waals surface area contributed by atoms with Gasteiger partial charge in [0.15, 0.2) is 18.5 Å². The Hall–Kier alpha value is -3.75. The van der Waals surface area contributed by atoms with Crippen molar-refractivity contribution in [2.75, 3.05) is 6.61 Å². The highest BCUT2D eigenvalue weighted by Crippen LogP contribution is 2.40. The molecule has 0 bridgehead atoms. The highest BCUT2D eigenvalue weighted by molar-refractivity contribution is 5.95. The van der Waals surface area contributed by atoms with Gasteiger partial charge >= 0.3 is 6.18 Å². The SMILES string of the molecule is C#CCOc1cnc(C(=O)Cc2cnc(F)c([C@]3(C)C[C@@H](C(F)(F)F)OC(N)=N3)c2)cn1. The van der Waals surface area contributed by atoms with Crippen molar-refractivity contribution in [2.24, 2.45) is 10.7 Å². The van der Waals surface area contributed by atoms with Gasteiger partial charge in [-0.25, -0.2) is 19.9 Å². The number of halogens is 4. The number of carbonyl (C=O) groups excluding carboxylic acids is 1. The molecule has 3 rings (SSSR count). The van der Waals surface area contributed by atoms with Gasteiger partial charge in [0.05, 0.1) is 17.9 Å². The third-order valence-corrected chi connectivity index (χ3v) is 4.63. The van der Waals surface area contributed by atoms with E-state index < -0.39 is 42.0 Å². The van der Waals surface area contributed by atoms with Crippen LogP contribution < -0.4 is 10.5 Å². The molecule has 12 heteroatoms. The predicted octanol–water partition coefficient (Wildman–Crippen LogP) is 2.33. The minimum Gasteiger partial charge on any atom is -0.463 e. The number of rotatable bonds is 6. The summed E-state index contributed by atoms with van der Waals surface area (Å²) in [6, 6.07) is 0.512. The van der Waals surface area contributed by atoms with Crippen molar-refractivity contribution >= 4 is 11.8 Å². The molecule has 2 N–H and O–H groups in total. The first-order chi connectivity index (χ1) is 15.0. The fourth-order valence-electron chi connectivity index (χ4n) is 3.11. The van der Waals surface area contributed by atoms with E-state index in [1.165, 1.54) is 25.4 Å². The maximum atomic E-state index is 14.5. The molecule has 0 fully saturated rings. The van der Waals surface area contributed by atoms with Crippen LogP contribution in [0.3, 0.4) is 0 Å². The van der Waals surface area contributed by atoms with E-state index in [2.05, 4.69) is 30.6 Å². The molecule has 3 heterocycles. The van der Waals surface area contributed by atoms with Gasteiger partial charge in [-0.2, -0.15) is 17.6 Å². The van der Waals surface area contributed by atoms with E-state index >= 15 is 0 Å². The molecule has 0 unspecified atom stereocenters. The van der Waals surface area contributed by atoms with Gasteiger partial charge < -0.3 is 15.2 Å². The van der Waals surface area contributed by atoms with Crippen molar-refractivity contribution in [2.45, 2.75) is 37.6 Å². The number of hydrogen-bond acceptors (Lipinski definition) is 8. The number of ether oxygens (including phenoxy) is 2. The Kier molecular flexibility index (Phi) is 6.29. The fourth-order valence-corrected chi connectivity index (χ4v) is 3.11. The highest BCUT2D eigenvalue weighted by Gasteiger charge is 2.50. The van der Waals surface area contributed by atoms with Crippen LogP contribution in [-0.2, 0) is 16.7 Å². The predicted molar refractivity (Wildman–Crippen MR) is 103 cm³/mol. The molecule has 0 aromatic carbocycles. The van der Waals surface area contributed by atoms with E-state index in [0.717, 1.165) is 6.20 Å². The molecule has 2 aromatic heterocycles. The van der Waals surface area contributed by atoms with Gasteiger partial charge in [-0.3, -0.25) is 4.79 Å². The average molecular weight is 451 g/mol. The largest absolute Gasteiger partial charge is 0.463 e. The van der Waals surface area contributed by atoms with Gasteiger partial charge in [0.2, 0.25) is 11.8 Å². The van der Waals surface area contributed by atoms with Crippen molar-refractivity contribution in [3.05, 3.63) is 47.4 Å². The van der Waals surface area contributed by atoms with Gasteiger partial charge in [0.1, 0.15) is 5.69 Å². The zero-order chi connectivity index (χ0) is 23.5. The number of ketones is 1. The van der Waals surface area contributed by atoms with Crippen LogP contribution in [0.1, 0.15) is 35.0 Å². The molecule has 0 spiro atoms. The summed E-state index contributed by atoms with van der Waals surface area (Å²) < 4.78 is 63.7. The maximum Gasteiger partial charge on any atom is 0.425 e. The minimum absolute atomic E-state index is 0.000566. The second kappa shape index (κ2) is 8.78. The topological polar surface area (TPSA) is 113 Å². The Bertz CT molecular complexity index is 1080. The quantitative estimate of drug-likeness (QED) is 0.310. The van der Waals surface area contributed by atoms with Crippen molar-refractivity contribution in [1.29, 1.82) is 0 Å². The number of nitrogens with zero attached hydrogens (tertiary/aromatic N) is 4. The molecule has 0 aliphatic carbocycles. The van der Waals surface area contributed by atoms with E-state index in [0.29, 0.717) is 0 Å². The molecule has 8 nitrogen and oxygen atoms in total. The van der Waals surface area contributed by atoms with Gasteiger partial charge in [0.25, 0.3) is 6.02 Å². The zero-order valence-corrected chi connectivity index (χ0v) is 16.7. The van der Waals surface area contributed by atoms with Crippen molar-refractivity contribution in [3.8, 4) is 18.2 Å². The summed E-state index contributed by atoms with van der Waals surface area (Å²) >= 11 is 0. The lowest BCUT2D eigenvalue weighted by molar-refractivity contribution is -0.208. The lowest BCUT2D eigenvalue weighted by Gasteiger charge is -2.35. The van der Waals surface area contributed by atoms with Gasteiger partial charge in [-0.15, -0.1) is 6.42 Å². The van der Waals surface area contributed by atoms with E-state index in [9.17, 15) is 22.4 Å². The summed E-state index contributed by atoms with van der Waals surface area (Å²) in [6.45, 7) is 1.27. The fraction of sp³-hybridized carbons (Fsp3) is 0.350. The Morgan fingerprint density at radius 3 is 2.72 bits per heavy atom. The molecule has 1 aliphatic heterocycles. The number of pyridine rings is 1. The van der Waals surface area contributed by atoms with E-state index in [1.807, 2.05) is 0 Å².